The Morgan fingerprint density at radius 1 is 1.35 bits per heavy atom. The lowest BCUT2D eigenvalue weighted by Crippen LogP contribution is -2.09. The van der Waals surface area contributed by atoms with E-state index in [-0.39, 0.29) is 5.43 Å². The first-order valence-electron chi connectivity index (χ1n) is 5.39. The van der Waals surface area contributed by atoms with E-state index in [9.17, 15) is 4.79 Å². The lowest BCUT2D eigenvalue weighted by atomic mass is 10.1. The van der Waals surface area contributed by atoms with E-state index in [2.05, 4.69) is 25.3 Å². The van der Waals surface area contributed by atoms with Gasteiger partial charge >= 0.3 is 0 Å². The number of aryl methyl sites for hydroxylation is 2. The Morgan fingerprint density at radius 2 is 2.00 bits per heavy atom. The molecule has 2 aromatic rings. The molecule has 0 saturated heterocycles. The first-order valence-corrected chi connectivity index (χ1v) is 6.84. The Morgan fingerprint density at radius 3 is 2.59 bits per heavy atom. The van der Waals surface area contributed by atoms with Crippen LogP contribution in [0.1, 0.15) is 21.6 Å². The van der Waals surface area contributed by atoms with E-state index in [1.54, 1.807) is 17.4 Å². The molecule has 0 atom stereocenters. The maximum absolute atomic E-state index is 12.4. The fraction of sp³-hybridized carbons (Fsp3) is 0.214. The molecule has 0 aliphatic carbocycles. The van der Waals surface area contributed by atoms with Crippen molar-refractivity contribution in [3.8, 4) is 0 Å². The maximum atomic E-state index is 12.4. The fourth-order valence-corrected chi connectivity index (χ4v) is 3.51. The van der Waals surface area contributed by atoms with E-state index in [1.165, 1.54) is 0 Å². The van der Waals surface area contributed by atoms with E-state index in [4.69, 9.17) is 0 Å². The molecule has 3 heteroatoms. The highest BCUT2D eigenvalue weighted by atomic mass is 32.1. The molecule has 0 fully saturated rings. The van der Waals surface area contributed by atoms with Gasteiger partial charge in [-0.25, -0.2) is 0 Å². The highest BCUT2D eigenvalue weighted by molar-refractivity contribution is 7.79. The summed E-state index contributed by atoms with van der Waals surface area (Å²) < 4.78 is 1.07. The van der Waals surface area contributed by atoms with Gasteiger partial charge in [0, 0.05) is 26.3 Å². The van der Waals surface area contributed by atoms with Crippen molar-refractivity contribution < 1.29 is 0 Å². The van der Waals surface area contributed by atoms with Crippen LogP contribution in [0.4, 0.5) is 0 Å². The zero-order valence-corrected chi connectivity index (χ0v) is 11.6. The largest absolute Gasteiger partial charge is 0.289 e. The van der Waals surface area contributed by atoms with Crippen LogP contribution in [0.2, 0.25) is 0 Å². The van der Waals surface area contributed by atoms with Crippen LogP contribution in [0, 0.1) is 13.8 Å². The summed E-state index contributed by atoms with van der Waals surface area (Å²) in [7, 11) is 0. The Labute approximate surface area is 110 Å². The van der Waals surface area contributed by atoms with E-state index in [0.29, 0.717) is 11.3 Å². The van der Waals surface area contributed by atoms with Crippen LogP contribution in [0.3, 0.4) is 0 Å². The first kappa shape index (κ1) is 12.4. The molecule has 88 valence electrons. The van der Waals surface area contributed by atoms with E-state index < -0.39 is 0 Å². The average molecular weight is 262 g/mol. The van der Waals surface area contributed by atoms with Gasteiger partial charge in [0.05, 0.1) is 0 Å². The van der Waals surface area contributed by atoms with Gasteiger partial charge in [0.15, 0.2) is 5.43 Å². The lowest BCUT2D eigenvalue weighted by Gasteiger charge is -2.08. The minimum absolute atomic E-state index is 0.0824. The number of benzene rings is 1. The molecule has 1 heterocycles. The van der Waals surface area contributed by atoms with Gasteiger partial charge in [0.2, 0.25) is 0 Å². The van der Waals surface area contributed by atoms with Crippen molar-refractivity contribution in [1.82, 2.24) is 0 Å². The van der Waals surface area contributed by atoms with Crippen molar-refractivity contribution in [1.29, 1.82) is 0 Å². The molecule has 2 rings (SSSR count). The zero-order valence-electron chi connectivity index (χ0n) is 9.91. The van der Waals surface area contributed by atoms with Crippen LogP contribution in [0.15, 0.2) is 23.5 Å². The van der Waals surface area contributed by atoms with Gasteiger partial charge in [-0.1, -0.05) is 24.8 Å². The van der Waals surface area contributed by atoms with Crippen LogP contribution >= 0.6 is 24.0 Å². The molecule has 0 aliphatic heterocycles. The molecule has 1 aromatic heterocycles. The fourth-order valence-electron chi connectivity index (χ4n) is 1.96. The van der Waals surface area contributed by atoms with Crippen LogP contribution in [0.5, 0.6) is 0 Å². The minimum Gasteiger partial charge on any atom is -0.289 e. The van der Waals surface area contributed by atoms with E-state index in [1.807, 2.05) is 19.9 Å². The summed E-state index contributed by atoms with van der Waals surface area (Å²) in [5, 5.41) is 0.829. The summed E-state index contributed by atoms with van der Waals surface area (Å²) in [4.78, 5) is 13.4. The van der Waals surface area contributed by atoms with Gasteiger partial charge < -0.3 is 0 Å². The number of fused-ring (bicyclic) bond motifs is 1. The highest BCUT2D eigenvalue weighted by Crippen LogP contribution is 2.28. The van der Waals surface area contributed by atoms with Crippen molar-refractivity contribution in [2.24, 2.45) is 0 Å². The first-order chi connectivity index (χ1) is 8.10. The number of rotatable bonds is 2. The Balaban J connectivity index is 3.06. The lowest BCUT2D eigenvalue weighted by molar-refractivity contribution is 1.43. The van der Waals surface area contributed by atoms with Gasteiger partial charge in [0.25, 0.3) is 0 Å². The van der Waals surface area contributed by atoms with Crippen molar-refractivity contribution in [3.63, 3.8) is 0 Å². The summed E-state index contributed by atoms with van der Waals surface area (Å²) in [6.45, 7) is 7.74. The van der Waals surface area contributed by atoms with Crippen molar-refractivity contribution in [3.05, 3.63) is 50.5 Å². The summed E-state index contributed by atoms with van der Waals surface area (Å²) in [6.07, 6.45) is 1.64. The van der Waals surface area contributed by atoms with Gasteiger partial charge in [0.1, 0.15) is 0 Å². The molecule has 0 aliphatic rings. The average Bonchev–Trinajstić information content (AvgIpc) is 2.33. The standard InChI is InChI=1S/C14H14OS2/c1-4-10-11(7-16)17-14-9(3)6-5-8(2)12(14)13(10)15/h4-6,16H,1,7H2,2-3H3. The van der Waals surface area contributed by atoms with Crippen molar-refractivity contribution >= 4 is 40.1 Å². The molecule has 0 N–H and O–H groups in total. The Bertz CT molecular complexity index is 653. The second-order valence-corrected chi connectivity index (χ2v) is 5.46. The summed E-state index contributed by atoms with van der Waals surface area (Å²) in [5.41, 5.74) is 2.96. The molecule has 0 saturated carbocycles. The normalized spacial score (nSPS) is 10.8. The molecule has 0 amide bonds. The molecular weight excluding hydrogens is 248 g/mol. The highest BCUT2D eigenvalue weighted by Gasteiger charge is 2.12. The van der Waals surface area contributed by atoms with Crippen LogP contribution in [-0.4, -0.2) is 0 Å². The Hall–Kier alpha value is -1.06. The van der Waals surface area contributed by atoms with Crippen LogP contribution < -0.4 is 5.43 Å². The molecule has 1 nitrogen and oxygen atoms in total. The number of hydrogen-bond donors (Lipinski definition) is 1. The maximum Gasteiger partial charge on any atom is 0.195 e. The molecule has 1 aromatic carbocycles. The third kappa shape index (κ3) is 1.94. The molecular formula is C14H14OS2. The quantitative estimate of drug-likeness (QED) is 0.811. The zero-order chi connectivity index (χ0) is 12.6. The van der Waals surface area contributed by atoms with Gasteiger partial charge in [-0.2, -0.15) is 12.6 Å². The smallest absolute Gasteiger partial charge is 0.195 e. The number of thiol groups is 1. The number of hydrogen-bond acceptors (Lipinski definition) is 3. The van der Waals surface area contributed by atoms with E-state index in [0.717, 1.165) is 26.1 Å². The molecule has 0 bridgehead atoms. The van der Waals surface area contributed by atoms with Gasteiger partial charge in [-0.3, -0.25) is 4.79 Å². The molecule has 0 spiro atoms. The summed E-state index contributed by atoms with van der Waals surface area (Å²) in [6, 6.07) is 4.06. The van der Waals surface area contributed by atoms with Crippen LogP contribution in [-0.2, 0) is 5.75 Å². The summed E-state index contributed by atoms with van der Waals surface area (Å²) in [5.74, 6) is 0.574. The summed E-state index contributed by atoms with van der Waals surface area (Å²) >= 11 is 5.94. The van der Waals surface area contributed by atoms with E-state index >= 15 is 0 Å². The third-order valence-corrected chi connectivity index (χ3v) is 4.78. The second kappa shape index (κ2) is 4.67. The Kier molecular flexibility index (Phi) is 3.40. The SMILES string of the molecule is C=Cc1c(CS)sc2c(C)ccc(C)c2c1=O. The van der Waals surface area contributed by atoms with Crippen molar-refractivity contribution in [2.45, 2.75) is 19.6 Å². The minimum atomic E-state index is 0.0824. The monoisotopic (exact) mass is 262 g/mol. The topological polar surface area (TPSA) is 17.1 Å². The predicted molar refractivity (Wildman–Crippen MR) is 80.4 cm³/mol. The van der Waals surface area contributed by atoms with Crippen molar-refractivity contribution in [2.75, 3.05) is 0 Å². The van der Waals surface area contributed by atoms with Gasteiger partial charge in [-0.05, 0) is 25.0 Å². The molecule has 0 unspecified atom stereocenters. The van der Waals surface area contributed by atoms with Gasteiger partial charge in [-0.15, -0.1) is 11.3 Å². The third-order valence-electron chi connectivity index (χ3n) is 2.91. The second-order valence-electron chi connectivity index (χ2n) is 4.03. The molecule has 0 radical (unpaired) electrons. The van der Waals surface area contributed by atoms with Crippen LogP contribution in [0.25, 0.3) is 16.2 Å². The predicted octanol–water partition coefficient (Wildman–Crippen LogP) is 3.95. The molecule has 17 heavy (non-hydrogen) atoms.